The minimum absolute atomic E-state index is 0.0460. The summed E-state index contributed by atoms with van der Waals surface area (Å²) in [6.07, 6.45) is 0. The minimum Gasteiger partial charge on any atom is -0.368 e. The molecule has 4 nitrogen and oxygen atoms in total. The molecule has 0 amide bonds. The summed E-state index contributed by atoms with van der Waals surface area (Å²) in [5.74, 6) is 0.744. The molecule has 16 heavy (non-hydrogen) atoms. The van der Waals surface area contributed by atoms with E-state index in [1.54, 1.807) is 6.07 Å². The topological polar surface area (TPSA) is 52.0 Å². The molecule has 0 aromatic carbocycles. The Balaban J connectivity index is 2.65. The number of likely N-dealkylation sites (N-methyl/N-ethyl adjacent to an activating group) is 1. The van der Waals surface area contributed by atoms with Crippen LogP contribution in [0.4, 0.5) is 5.82 Å². The maximum atomic E-state index is 8.73. The normalized spacial score (nSPS) is 11.2. The lowest BCUT2D eigenvalue weighted by Gasteiger charge is -2.32. The smallest absolute Gasteiger partial charge is 0.142 e. The van der Waals surface area contributed by atoms with Gasteiger partial charge in [0.25, 0.3) is 0 Å². The second-order valence-electron chi connectivity index (χ2n) is 4.58. The van der Waals surface area contributed by atoms with E-state index in [1.807, 2.05) is 32.3 Å². The Morgan fingerprint density at radius 1 is 1.44 bits per heavy atom. The zero-order valence-electron chi connectivity index (χ0n) is 10.3. The van der Waals surface area contributed by atoms with Gasteiger partial charge in [-0.05, 0) is 40.1 Å². The number of aromatic nitrogens is 1. The molecule has 0 aliphatic carbocycles. The number of nitrogens with zero attached hydrogens (tertiary/aromatic N) is 3. The van der Waals surface area contributed by atoms with E-state index in [0.29, 0.717) is 5.69 Å². The van der Waals surface area contributed by atoms with Crippen molar-refractivity contribution in [2.45, 2.75) is 19.4 Å². The predicted octanol–water partition coefficient (Wildman–Crippen LogP) is 1.71. The van der Waals surface area contributed by atoms with Gasteiger partial charge in [-0.25, -0.2) is 4.98 Å². The van der Waals surface area contributed by atoms with Gasteiger partial charge >= 0.3 is 0 Å². The van der Waals surface area contributed by atoms with Gasteiger partial charge in [0.2, 0.25) is 0 Å². The van der Waals surface area contributed by atoms with Gasteiger partial charge in [0.15, 0.2) is 0 Å². The van der Waals surface area contributed by atoms with Crippen molar-refractivity contribution in [2.24, 2.45) is 0 Å². The highest BCUT2D eigenvalue weighted by Crippen LogP contribution is 2.12. The van der Waals surface area contributed by atoms with Gasteiger partial charge in [-0.15, -0.1) is 0 Å². The highest BCUT2D eigenvalue weighted by atomic mass is 15.2. The number of anilines is 1. The first-order chi connectivity index (χ1) is 7.45. The Bertz CT molecular complexity index is 390. The molecule has 0 unspecified atom stereocenters. The monoisotopic (exact) mass is 218 g/mol. The van der Waals surface area contributed by atoms with Crippen LogP contribution in [0.15, 0.2) is 18.2 Å². The fourth-order valence-electron chi connectivity index (χ4n) is 1.06. The van der Waals surface area contributed by atoms with Crippen molar-refractivity contribution in [3.8, 4) is 6.07 Å². The number of pyridine rings is 1. The summed E-state index contributed by atoms with van der Waals surface area (Å²) in [6, 6.07) is 7.42. The fraction of sp³-hybridized carbons (Fsp3) is 0.500. The van der Waals surface area contributed by atoms with E-state index in [9.17, 15) is 0 Å². The maximum Gasteiger partial charge on any atom is 0.142 e. The van der Waals surface area contributed by atoms with Crippen molar-refractivity contribution in [1.82, 2.24) is 9.88 Å². The Hall–Kier alpha value is -1.60. The molecule has 0 fully saturated rings. The van der Waals surface area contributed by atoms with Crippen LogP contribution in [0.1, 0.15) is 19.5 Å². The number of rotatable bonds is 4. The van der Waals surface area contributed by atoms with Crippen molar-refractivity contribution in [1.29, 1.82) is 5.26 Å². The van der Waals surface area contributed by atoms with Gasteiger partial charge in [0.1, 0.15) is 17.6 Å². The first-order valence-corrected chi connectivity index (χ1v) is 5.24. The summed E-state index contributed by atoms with van der Waals surface area (Å²) in [6.45, 7) is 5.07. The van der Waals surface area contributed by atoms with Gasteiger partial charge in [-0.1, -0.05) is 6.07 Å². The highest BCUT2D eigenvalue weighted by molar-refractivity contribution is 5.38. The summed E-state index contributed by atoms with van der Waals surface area (Å²) in [5, 5.41) is 12.0. The van der Waals surface area contributed by atoms with E-state index in [4.69, 9.17) is 5.26 Å². The average Bonchev–Trinajstić information content (AvgIpc) is 2.26. The number of hydrogen-bond donors (Lipinski definition) is 1. The molecular formula is C12H18N4. The molecule has 4 heteroatoms. The number of nitrogens with one attached hydrogen (secondary N) is 1. The van der Waals surface area contributed by atoms with Crippen LogP contribution < -0.4 is 5.32 Å². The third-order valence-corrected chi connectivity index (χ3v) is 2.78. The van der Waals surface area contributed by atoms with Crippen molar-refractivity contribution in [3.05, 3.63) is 23.9 Å². The Labute approximate surface area is 96.9 Å². The molecule has 1 aromatic heterocycles. The second kappa shape index (κ2) is 4.95. The van der Waals surface area contributed by atoms with Crippen molar-refractivity contribution >= 4 is 5.82 Å². The zero-order chi connectivity index (χ0) is 12.2. The highest BCUT2D eigenvalue weighted by Gasteiger charge is 2.19. The van der Waals surface area contributed by atoms with Crippen LogP contribution in [-0.4, -0.2) is 36.1 Å². The van der Waals surface area contributed by atoms with Crippen molar-refractivity contribution in [3.63, 3.8) is 0 Å². The molecular weight excluding hydrogens is 200 g/mol. The maximum absolute atomic E-state index is 8.73. The Morgan fingerprint density at radius 3 is 2.69 bits per heavy atom. The molecule has 0 atom stereocenters. The van der Waals surface area contributed by atoms with Gasteiger partial charge in [0.05, 0.1) is 0 Å². The van der Waals surface area contributed by atoms with Crippen LogP contribution >= 0.6 is 0 Å². The van der Waals surface area contributed by atoms with E-state index in [2.05, 4.69) is 29.0 Å². The van der Waals surface area contributed by atoms with E-state index < -0.39 is 0 Å². The molecule has 1 aromatic rings. The lowest BCUT2D eigenvalue weighted by molar-refractivity contribution is 0.210. The van der Waals surface area contributed by atoms with Crippen molar-refractivity contribution in [2.75, 3.05) is 26.0 Å². The van der Waals surface area contributed by atoms with E-state index in [1.165, 1.54) is 0 Å². The Morgan fingerprint density at radius 2 is 2.12 bits per heavy atom. The molecule has 0 aliphatic heterocycles. The van der Waals surface area contributed by atoms with Crippen LogP contribution in [0.5, 0.6) is 0 Å². The molecule has 0 aliphatic rings. The lowest BCUT2D eigenvalue weighted by Crippen LogP contribution is -2.44. The van der Waals surface area contributed by atoms with Crippen LogP contribution in [-0.2, 0) is 0 Å². The molecule has 1 heterocycles. The third-order valence-electron chi connectivity index (χ3n) is 2.78. The first kappa shape index (κ1) is 12.5. The van der Waals surface area contributed by atoms with Gasteiger partial charge < -0.3 is 10.2 Å². The fourth-order valence-corrected chi connectivity index (χ4v) is 1.06. The molecule has 0 saturated heterocycles. The summed E-state index contributed by atoms with van der Waals surface area (Å²) in [5.41, 5.74) is 0.484. The van der Waals surface area contributed by atoms with Gasteiger partial charge in [0, 0.05) is 12.1 Å². The lowest BCUT2D eigenvalue weighted by atomic mass is 10.0. The Kier molecular flexibility index (Phi) is 3.86. The summed E-state index contributed by atoms with van der Waals surface area (Å²) in [7, 11) is 4.08. The minimum atomic E-state index is 0.0460. The molecule has 0 spiro atoms. The predicted molar refractivity (Wildman–Crippen MR) is 65.2 cm³/mol. The molecule has 0 radical (unpaired) electrons. The van der Waals surface area contributed by atoms with Gasteiger partial charge in [-0.2, -0.15) is 5.26 Å². The quantitative estimate of drug-likeness (QED) is 0.835. The molecule has 86 valence electrons. The molecule has 1 rings (SSSR count). The average molecular weight is 218 g/mol. The zero-order valence-corrected chi connectivity index (χ0v) is 10.3. The van der Waals surface area contributed by atoms with E-state index >= 15 is 0 Å². The SMILES string of the molecule is CN(C)C(C)(C)CNc1cccc(C#N)n1. The van der Waals surface area contributed by atoms with Crippen LogP contribution in [0, 0.1) is 11.3 Å². The van der Waals surface area contributed by atoms with E-state index in [0.717, 1.165) is 12.4 Å². The third kappa shape index (κ3) is 3.21. The summed E-state index contributed by atoms with van der Waals surface area (Å²) < 4.78 is 0. The van der Waals surface area contributed by atoms with Crippen molar-refractivity contribution < 1.29 is 0 Å². The second-order valence-corrected chi connectivity index (χ2v) is 4.58. The first-order valence-electron chi connectivity index (χ1n) is 5.24. The van der Waals surface area contributed by atoms with E-state index in [-0.39, 0.29) is 5.54 Å². The molecule has 1 N–H and O–H groups in total. The largest absolute Gasteiger partial charge is 0.368 e. The number of nitriles is 1. The molecule has 0 saturated carbocycles. The van der Waals surface area contributed by atoms with Crippen LogP contribution in [0.3, 0.4) is 0 Å². The summed E-state index contributed by atoms with van der Waals surface area (Å²) >= 11 is 0. The number of hydrogen-bond acceptors (Lipinski definition) is 4. The standard InChI is InChI=1S/C12H18N4/c1-12(2,16(3)4)9-14-11-7-5-6-10(8-13)15-11/h5-7H,9H2,1-4H3,(H,14,15). The summed E-state index contributed by atoms with van der Waals surface area (Å²) in [4.78, 5) is 6.31. The molecule has 0 bridgehead atoms. The van der Waals surface area contributed by atoms with Crippen LogP contribution in [0.2, 0.25) is 0 Å². The van der Waals surface area contributed by atoms with Crippen LogP contribution in [0.25, 0.3) is 0 Å². The van der Waals surface area contributed by atoms with Gasteiger partial charge in [-0.3, -0.25) is 0 Å².